The lowest BCUT2D eigenvalue weighted by Crippen LogP contribution is -2.27. The molecular formula is C14H20ClN3O2. The van der Waals surface area contributed by atoms with E-state index in [0.717, 1.165) is 25.7 Å². The molecule has 2 N–H and O–H groups in total. The van der Waals surface area contributed by atoms with Crippen LogP contribution in [0.1, 0.15) is 25.7 Å². The zero-order valence-electron chi connectivity index (χ0n) is 11.4. The summed E-state index contributed by atoms with van der Waals surface area (Å²) in [5.41, 5.74) is 0.234. The van der Waals surface area contributed by atoms with E-state index in [-0.39, 0.29) is 16.7 Å². The second-order valence-electron chi connectivity index (χ2n) is 5.22. The van der Waals surface area contributed by atoms with Gasteiger partial charge in [0.15, 0.2) is 0 Å². The van der Waals surface area contributed by atoms with Gasteiger partial charge < -0.3 is 10.4 Å². The summed E-state index contributed by atoms with van der Waals surface area (Å²) < 4.78 is 1.27. The number of halogens is 1. The highest BCUT2D eigenvalue weighted by Gasteiger charge is 2.20. The van der Waals surface area contributed by atoms with E-state index in [9.17, 15) is 9.90 Å². The van der Waals surface area contributed by atoms with Crippen LogP contribution < -0.4 is 10.9 Å². The molecule has 1 aromatic rings. The first-order valence-corrected chi connectivity index (χ1v) is 7.28. The molecule has 2 atom stereocenters. The summed E-state index contributed by atoms with van der Waals surface area (Å²) in [4.78, 5) is 11.9. The quantitative estimate of drug-likeness (QED) is 0.816. The first-order chi connectivity index (χ1) is 9.61. The van der Waals surface area contributed by atoms with Crippen LogP contribution in [0.25, 0.3) is 0 Å². The molecule has 5 nitrogen and oxygen atoms in total. The van der Waals surface area contributed by atoms with Gasteiger partial charge >= 0.3 is 0 Å². The minimum atomic E-state index is -0.319. The summed E-state index contributed by atoms with van der Waals surface area (Å²) in [6, 6.07) is 0. The number of aliphatic hydroxyl groups excluding tert-OH is 1. The molecule has 0 aliphatic heterocycles. The van der Waals surface area contributed by atoms with Crippen LogP contribution >= 0.6 is 11.6 Å². The number of anilines is 1. The Bertz CT molecular complexity index is 530. The molecule has 1 aliphatic rings. The molecule has 1 saturated carbocycles. The monoisotopic (exact) mass is 297 g/mol. The summed E-state index contributed by atoms with van der Waals surface area (Å²) in [6.07, 6.45) is 6.77. The zero-order chi connectivity index (χ0) is 14.5. The lowest BCUT2D eigenvalue weighted by molar-refractivity contribution is 0.105. The summed E-state index contributed by atoms with van der Waals surface area (Å²) in [5.74, 6) is 0.408. The van der Waals surface area contributed by atoms with Crippen molar-refractivity contribution in [3.63, 3.8) is 0 Å². The molecule has 2 unspecified atom stereocenters. The van der Waals surface area contributed by atoms with Crippen molar-refractivity contribution in [2.75, 3.05) is 11.9 Å². The molecule has 2 rings (SSSR count). The average Bonchev–Trinajstić information content (AvgIpc) is 2.43. The molecule has 1 aromatic heterocycles. The Kier molecular flexibility index (Phi) is 5.20. The van der Waals surface area contributed by atoms with Crippen molar-refractivity contribution in [2.45, 2.75) is 38.3 Å². The van der Waals surface area contributed by atoms with E-state index in [0.29, 0.717) is 24.7 Å². The first-order valence-electron chi connectivity index (χ1n) is 6.90. The molecule has 1 heterocycles. The molecule has 0 bridgehead atoms. The Balaban J connectivity index is 2.01. The van der Waals surface area contributed by atoms with Gasteiger partial charge in [-0.15, -0.1) is 6.58 Å². The number of hydrogen-bond donors (Lipinski definition) is 2. The number of nitrogens with one attached hydrogen (secondary N) is 1. The van der Waals surface area contributed by atoms with Crippen LogP contribution in [0.4, 0.5) is 5.69 Å². The number of hydrogen-bond acceptors (Lipinski definition) is 4. The molecule has 110 valence electrons. The number of rotatable bonds is 5. The Hall–Kier alpha value is -1.33. The van der Waals surface area contributed by atoms with Crippen molar-refractivity contribution in [3.8, 4) is 0 Å². The van der Waals surface area contributed by atoms with Crippen molar-refractivity contribution in [1.29, 1.82) is 0 Å². The number of aromatic nitrogens is 2. The van der Waals surface area contributed by atoms with Crippen LogP contribution in [-0.2, 0) is 6.54 Å². The fourth-order valence-electron chi connectivity index (χ4n) is 2.54. The molecule has 1 aliphatic carbocycles. The van der Waals surface area contributed by atoms with Crippen molar-refractivity contribution in [1.82, 2.24) is 9.78 Å². The van der Waals surface area contributed by atoms with E-state index >= 15 is 0 Å². The standard InChI is InChI=1S/C14H20ClN3O2/c1-2-6-18-14(20)13(15)12(9-17-18)16-8-10-4-3-5-11(19)7-10/h2,9-11,16,19H,1,3-8H2. The molecule has 0 radical (unpaired) electrons. The highest BCUT2D eigenvalue weighted by Crippen LogP contribution is 2.25. The number of aliphatic hydroxyl groups is 1. The largest absolute Gasteiger partial charge is 0.393 e. The summed E-state index contributed by atoms with van der Waals surface area (Å²) in [7, 11) is 0. The zero-order valence-corrected chi connectivity index (χ0v) is 12.1. The van der Waals surface area contributed by atoms with Gasteiger partial charge in [0, 0.05) is 6.54 Å². The molecule has 0 amide bonds. The van der Waals surface area contributed by atoms with E-state index in [2.05, 4.69) is 17.0 Å². The summed E-state index contributed by atoms with van der Waals surface area (Å²) in [6.45, 7) is 4.61. The normalized spacial score (nSPS) is 22.5. The van der Waals surface area contributed by atoms with Crippen LogP contribution in [0.2, 0.25) is 5.02 Å². The van der Waals surface area contributed by atoms with Gasteiger partial charge in [-0.1, -0.05) is 24.1 Å². The third-order valence-corrected chi connectivity index (χ3v) is 3.99. The van der Waals surface area contributed by atoms with Crippen LogP contribution in [0.3, 0.4) is 0 Å². The third-order valence-electron chi connectivity index (χ3n) is 3.62. The van der Waals surface area contributed by atoms with Crippen LogP contribution in [0, 0.1) is 5.92 Å². The smallest absolute Gasteiger partial charge is 0.287 e. The first kappa shape index (κ1) is 15.1. The van der Waals surface area contributed by atoms with E-state index in [1.54, 1.807) is 12.3 Å². The van der Waals surface area contributed by atoms with Gasteiger partial charge in [-0.05, 0) is 25.2 Å². The highest BCUT2D eigenvalue weighted by molar-refractivity contribution is 6.32. The van der Waals surface area contributed by atoms with Crippen LogP contribution in [0.5, 0.6) is 0 Å². The van der Waals surface area contributed by atoms with Crippen LogP contribution in [0.15, 0.2) is 23.6 Å². The minimum absolute atomic E-state index is 0.151. The Morgan fingerprint density at radius 2 is 2.40 bits per heavy atom. The van der Waals surface area contributed by atoms with Gasteiger partial charge in [-0.25, -0.2) is 4.68 Å². The molecule has 20 heavy (non-hydrogen) atoms. The van der Waals surface area contributed by atoms with Crippen LogP contribution in [-0.4, -0.2) is 27.5 Å². The summed E-state index contributed by atoms with van der Waals surface area (Å²) in [5, 5.41) is 17.0. The fourth-order valence-corrected chi connectivity index (χ4v) is 2.76. The van der Waals surface area contributed by atoms with E-state index in [1.807, 2.05) is 0 Å². The molecule has 1 fully saturated rings. The molecule has 0 spiro atoms. The second-order valence-corrected chi connectivity index (χ2v) is 5.59. The van der Waals surface area contributed by atoms with E-state index < -0.39 is 0 Å². The van der Waals surface area contributed by atoms with Crippen molar-refractivity contribution in [2.24, 2.45) is 5.92 Å². The van der Waals surface area contributed by atoms with Crippen molar-refractivity contribution >= 4 is 17.3 Å². The van der Waals surface area contributed by atoms with E-state index in [4.69, 9.17) is 11.6 Å². The van der Waals surface area contributed by atoms with E-state index in [1.165, 1.54) is 4.68 Å². The van der Waals surface area contributed by atoms with Gasteiger partial charge in [0.25, 0.3) is 5.56 Å². The van der Waals surface area contributed by atoms with Gasteiger partial charge in [0.2, 0.25) is 0 Å². The van der Waals surface area contributed by atoms with Crippen molar-refractivity contribution in [3.05, 3.63) is 34.2 Å². The molecule has 6 heteroatoms. The molecule has 0 aromatic carbocycles. The maximum Gasteiger partial charge on any atom is 0.287 e. The lowest BCUT2D eigenvalue weighted by atomic mass is 9.87. The van der Waals surface area contributed by atoms with Gasteiger partial charge in [0.1, 0.15) is 5.02 Å². The molecule has 0 saturated heterocycles. The van der Waals surface area contributed by atoms with Crippen molar-refractivity contribution < 1.29 is 5.11 Å². The predicted octanol–water partition coefficient (Wildman–Crippen LogP) is 2.05. The van der Waals surface area contributed by atoms with Gasteiger partial charge in [-0.3, -0.25) is 4.79 Å². The second kappa shape index (κ2) is 6.90. The third kappa shape index (κ3) is 3.61. The minimum Gasteiger partial charge on any atom is -0.393 e. The maximum atomic E-state index is 11.9. The lowest BCUT2D eigenvalue weighted by Gasteiger charge is -2.26. The SMILES string of the molecule is C=CCn1ncc(NCC2CCCC(O)C2)c(Cl)c1=O. The summed E-state index contributed by atoms with van der Waals surface area (Å²) >= 11 is 6.06. The maximum absolute atomic E-state index is 11.9. The van der Waals surface area contributed by atoms with Gasteiger partial charge in [-0.2, -0.15) is 5.10 Å². The Morgan fingerprint density at radius 3 is 3.10 bits per heavy atom. The topological polar surface area (TPSA) is 67.2 Å². The average molecular weight is 298 g/mol. The number of allylic oxidation sites excluding steroid dienone is 1. The Labute approximate surface area is 123 Å². The highest BCUT2D eigenvalue weighted by atomic mass is 35.5. The van der Waals surface area contributed by atoms with Gasteiger partial charge in [0.05, 0.1) is 24.5 Å². The Morgan fingerprint density at radius 1 is 1.60 bits per heavy atom. The molecular weight excluding hydrogens is 278 g/mol. The fraction of sp³-hybridized carbons (Fsp3) is 0.571. The predicted molar refractivity (Wildman–Crippen MR) is 80.2 cm³/mol. The number of nitrogens with zero attached hydrogens (tertiary/aromatic N) is 2.